The number of aromatic nitrogens is 5. The molecule has 2 aromatic heterocycles. The molecule has 20 heavy (non-hydrogen) atoms. The molecule has 0 radical (unpaired) electrons. The number of nitrogens with zero attached hydrogens (tertiary/aromatic N) is 5. The lowest BCUT2D eigenvalue weighted by Gasteiger charge is -2.18. The van der Waals surface area contributed by atoms with E-state index < -0.39 is 0 Å². The Bertz CT molecular complexity index is 576. The largest absolute Gasteiger partial charge is 0.312 e. The summed E-state index contributed by atoms with van der Waals surface area (Å²) in [5, 5.41) is 12.0. The molecule has 6 nitrogen and oxygen atoms in total. The molecule has 2 aromatic rings. The fraction of sp³-hybridized carbons (Fsp3) is 0.571. The van der Waals surface area contributed by atoms with Crippen LogP contribution in [0.3, 0.4) is 0 Å². The van der Waals surface area contributed by atoms with E-state index in [4.69, 9.17) is 0 Å². The van der Waals surface area contributed by atoms with Gasteiger partial charge < -0.3 is 5.32 Å². The standard InChI is InChI=1S/C14H18N6/c1-5-16-14(17-6-1)13-9-20(19-18-13)8-12-11(4-7-15-12)10-2-3-10/h1,5-6,9-12,15H,2-4,7-8H2. The van der Waals surface area contributed by atoms with Gasteiger partial charge in [0.2, 0.25) is 0 Å². The van der Waals surface area contributed by atoms with Crippen molar-refractivity contribution in [1.29, 1.82) is 0 Å². The Hall–Kier alpha value is -1.82. The fourth-order valence-electron chi connectivity index (χ4n) is 3.20. The third-order valence-electron chi connectivity index (χ3n) is 4.35. The van der Waals surface area contributed by atoms with E-state index in [-0.39, 0.29) is 0 Å². The second kappa shape index (κ2) is 4.94. The van der Waals surface area contributed by atoms with Gasteiger partial charge in [0.15, 0.2) is 5.82 Å². The molecule has 0 spiro atoms. The molecular weight excluding hydrogens is 252 g/mol. The Labute approximate surface area is 117 Å². The smallest absolute Gasteiger partial charge is 0.181 e. The topological polar surface area (TPSA) is 68.5 Å². The minimum atomic E-state index is 0.536. The van der Waals surface area contributed by atoms with Crippen molar-refractivity contribution in [2.45, 2.75) is 31.8 Å². The Morgan fingerprint density at radius 2 is 2.05 bits per heavy atom. The van der Waals surface area contributed by atoms with Crippen molar-refractivity contribution in [1.82, 2.24) is 30.3 Å². The summed E-state index contributed by atoms with van der Waals surface area (Å²) in [6.45, 7) is 2.02. The van der Waals surface area contributed by atoms with E-state index >= 15 is 0 Å². The average molecular weight is 270 g/mol. The van der Waals surface area contributed by atoms with Crippen LogP contribution in [0.5, 0.6) is 0 Å². The molecule has 0 bridgehead atoms. The molecule has 1 saturated heterocycles. The average Bonchev–Trinajstić information content (AvgIpc) is 3.05. The van der Waals surface area contributed by atoms with Crippen LogP contribution in [0, 0.1) is 11.8 Å². The summed E-state index contributed by atoms with van der Waals surface area (Å²) in [6.07, 6.45) is 9.51. The maximum absolute atomic E-state index is 4.22. The van der Waals surface area contributed by atoms with Crippen LogP contribution >= 0.6 is 0 Å². The van der Waals surface area contributed by atoms with Crippen molar-refractivity contribution in [2.24, 2.45) is 11.8 Å². The summed E-state index contributed by atoms with van der Waals surface area (Å²) in [4.78, 5) is 8.41. The van der Waals surface area contributed by atoms with Gasteiger partial charge >= 0.3 is 0 Å². The predicted octanol–water partition coefficient (Wildman–Crippen LogP) is 1.12. The van der Waals surface area contributed by atoms with Crippen LogP contribution in [-0.4, -0.2) is 37.5 Å². The van der Waals surface area contributed by atoms with Crippen LogP contribution in [-0.2, 0) is 6.54 Å². The monoisotopic (exact) mass is 270 g/mol. The van der Waals surface area contributed by atoms with Gasteiger partial charge in [-0.25, -0.2) is 9.97 Å². The molecule has 4 rings (SSSR count). The van der Waals surface area contributed by atoms with Crippen LogP contribution in [0.15, 0.2) is 24.7 Å². The Morgan fingerprint density at radius 3 is 2.85 bits per heavy atom. The van der Waals surface area contributed by atoms with E-state index in [0.717, 1.165) is 30.6 Å². The minimum absolute atomic E-state index is 0.536. The number of nitrogens with one attached hydrogen (secondary N) is 1. The highest BCUT2D eigenvalue weighted by molar-refractivity contribution is 5.45. The Balaban J connectivity index is 1.48. The lowest BCUT2D eigenvalue weighted by Crippen LogP contribution is -2.32. The van der Waals surface area contributed by atoms with Gasteiger partial charge in [0.25, 0.3) is 0 Å². The van der Waals surface area contributed by atoms with Gasteiger partial charge in [0.1, 0.15) is 5.69 Å². The van der Waals surface area contributed by atoms with Gasteiger partial charge in [-0.3, -0.25) is 4.68 Å². The summed E-state index contributed by atoms with van der Waals surface area (Å²) in [5.74, 6) is 2.39. The third kappa shape index (κ3) is 2.31. The molecule has 1 N–H and O–H groups in total. The van der Waals surface area contributed by atoms with Gasteiger partial charge in [-0.1, -0.05) is 5.21 Å². The molecule has 6 heteroatoms. The first-order chi connectivity index (χ1) is 9.90. The molecule has 1 aliphatic carbocycles. The van der Waals surface area contributed by atoms with Crippen molar-refractivity contribution in [2.75, 3.05) is 6.54 Å². The zero-order chi connectivity index (χ0) is 13.4. The van der Waals surface area contributed by atoms with Gasteiger partial charge in [-0.05, 0) is 43.7 Å². The van der Waals surface area contributed by atoms with E-state index in [0.29, 0.717) is 11.9 Å². The van der Waals surface area contributed by atoms with Gasteiger partial charge in [-0.15, -0.1) is 5.10 Å². The summed E-state index contributed by atoms with van der Waals surface area (Å²) in [7, 11) is 0. The third-order valence-corrected chi connectivity index (χ3v) is 4.35. The molecule has 2 aliphatic rings. The zero-order valence-corrected chi connectivity index (χ0v) is 11.3. The molecule has 1 aliphatic heterocycles. The maximum atomic E-state index is 4.22. The predicted molar refractivity (Wildman–Crippen MR) is 73.7 cm³/mol. The molecule has 0 amide bonds. The van der Waals surface area contributed by atoms with Crippen LogP contribution in [0.25, 0.3) is 11.5 Å². The highest BCUT2D eigenvalue weighted by Crippen LogP contribution is 2.42. The van der Waals surface area contributed by atoms with Crippen LogP contribution < -0.4 is 5.32 Å². The van der Waals surface area contributed by atoms with Gasteiger partial charge in [-0.2, -0.15) is 0 Å². The summed E-state index contributed by atoms with van der Waals surface area (Å²) >= 11 is 0. The Kier molecular flexibility index (Phi) is 2.95. The van der Waals surface area contributed by atoms with E-state index in [2.05, 4.69) is 25.6 Å². The second-order valence-corrected chi connectivity index (χ2v) is 5.75. The molecule has 104 valence electrons. The van der Waals surface area contributed by atoms with E-state index in [1.165, 1.54) is 19.3 Å². The highest BCUT2D eigenvalue weighted by Gasteiger charge is 2.39. The highest BCUT2D eigenvalue weighted by atomic mass is 15.4. The molecule has 2 unspecified atom stereocenters. The Morgan fingerprint density at radius 1 is 1.20 bits per heavy atom. The zero-order valence-electron chi connectivity index (χ0n) is 11.3. The molecule has 2 fully saturated rings. The summed E-state index contributed by atoms with van der Waals surface area (Å²) in [6, 6.07) is 2.34. The van der Waals surface area contributed by atoms with Crippen molar-refractivity contribution < 1.29 is 0 Å². The minimum Gasteiger partial charge on any atom is -0.312 e. The first-order valence-electron chi connectivity index (χ1n) is 7.31. The number of rotatable bonds is 4. The SMILES string of the molecule is c1cnc(-c2cn(CC3NCCC3C3CC3)nn2)nc1. The quantitative estimate of drug-likeness (QED) is 0.901. The van der Waals surface area contributed by atoms with Crippen LogP contribution in [0.2, 0.25) is 0 Å². The molecule has 0 aromatic carbocycles. The van der Waals surface area contributed by atoms with E-state index in [1.807, 2.05) is 10.9 Å². The maximum Gasteiger partial charge on any atom is 0.181 e. The lowest BCUT2D eigenvalue weighted by atomic mass is 9.95. The van der Waals surface area contributed by atoms with Crippen molar-refractivity contribution in [3.63, 3.8) is 0 Å². The van der Waals surface area contributed by atoms with Gasteiger partial charge in [0, 0.05) is 18.4 Å². The van der Waals surface area contributed by atoms with E-state index in [1.54, 1.807) is 18.5 Å². The molecule has 3 heterocycles. The van der Waals surface area contributed by atoms with Crippen molar-refractivity contribution >= 4 is 0 Å². The van der Waals surface area contributed by atoms with Crippen molar-refractivity contribution in [3.8, 4) is 11.5 Å². The fourth-order valence-corrected chi connectivity index (χ4v) is 3.20. The lowest BCUT2D eigenvalue weighted by molar-refractivity contribution is 0.347. The number of hydrogen-bond donors (Lipinski definition) is 1. The molecule has 1 saturated carbocycles. The first-order valence-corrected chi connectivity index (χ1v) is 7.31. The normalized spacial score (nSPS) is 26.0. The molecular formula is C14H18N6. The van der Waals surface area contributed by atoms with Gasteiger partial charge in [0.05, 0.1) is 12.7 Å². The second-order valence-electron chi connectivity index (χ2n) is 5.75. The summed E-state index contributed by atoms with van der Waals surface area (Å²) < 4.78 is 1.92. The van der Waals surface area contributed by atoms with Crippen molar-refractivity contribution in [3.05, 3.63) is 24.7 Å². The van der Waals surface area contributed by atoms with E-state index in [9.17, 15) is 0 Å². The molecule has 2 atom stereocenters. The van der Waals surface area contributed by atoms with Crippen LogP contribution in [0.4, 0.5) is 0 Å². The summed E-state index contributed by atoms with van der Waals surface area (Å²) in [5.41, 5.74) is 0.742. The van der Waals surface area contributed by atoms with Crippen LogP contribution in [0.1, 0.15) is 19.3 Å². The number of hydrogen-bond acceptors (Lipinski definition) is 5. The first kappa shape index (κ1) is 12.0.